The van der Waals surface area contributed by atoms with Gasteiger partial charge < -0.3 is 0 Å². The van der Waals surface area contributed by atoms with E-state index in [0.717, 1.165) is 0 Å². The summed E-state index contributed by atoms with van der Waals surface area (Å²) >= 11 is 1.38. The minimum Gasteiger partial charge on any atom is -0.287 e. The topological polar surface area (TPSA) is 60.1 Å². The molecule has 0 amide bonds. The second-order valence-corrected chi connectivity index (χ2v) is 4.88. The van der Waals surface area contributed by atoms with Gasteiger partial charge in [-0.1, -0.05) is 11.3 Å². The first kappa shape index (κ1) is 11.7. The van der Waals surface area contributed by atoms with Gasteiger partial charge in [0.2, 0.25) is 0 Å². The van der Waals surface area contributed by atoms with Crippen LogP contribution in [0.3, 0.4) is 0 Å². The lowest BCUT2D eigenvalue weighted by atomic mass is 10.4. The predicted molar refractivity (Wildman–Crippen MR) is 74.3 cm³/mol. The quantitative estimate of drug-likeness (QED) is 0.675. The van der Waals surface area contributed by atoms with Gasteiger partial charge in [-0.25, -0.2) is 9.98 Å². The summed E-state index contributed by atoms with van der Waals surface area (Å²) in [6.45, 7) is 0. The Hall–Kier alpha value is -2.34. The van der Waals surface area contributed by atoms with Crippen molar-refractivity contribution >= 4 is 27.2 Å². The van der Waals surface area contributed by atoms with Crippen LogP contribution < -0.4 is 10.4 Å². The molecule has 6 heteroatoms. The van der Waals surface area contributed by atoms with E-state index >= 15 is 0 Å². The SMILES string of the molecule is Cn1c(=O)c2cccnc2s/c1=N\c1cccnc1. The number of hydrogen-bond acceptors (Lipinski definition) is 5. The molecule has 0 aliphatic heterocycles. The number of nitrogens with zero attached hydrogens (tertiary/aromatic N) is 4. The van der Waals surface area contributed by atoms with Gasteiger partial charge in [-0.3, -0.25) is 14.3 Å². The Kier molecular flexibility index (Phi) is 2.92. The molecule has 0 saturated carbocycles. The molecule has 0 N–H and O–H groups in total. The Morgan fingerprint density at radius 3 is 2.89 bits per heavy atom. The van der Waals surface area contributed by atoms with Crippen LogP contribution in [0.4, 0.5) is 5.69 Å². The van der Waals surface area contributed by atoms with Crippen molar-refractivity contribution in [2.45, 2.75) is 0 Å². The average molecular weight is 270 g/mol. The molecule has 0 aliphatic rings. The Balaban J connectivity index is 2.34. The monoisotopic (exact) mass is 270 g/mol. The Labute approximate surface area is 112 Å². The van der Waals surface area contributed by atoms with E-state index in [1.165, 1.54) is 15.9 Å². The van der Waals surface area contributed by atoms with E-state index in [1.54, 1.807) is 43.8 Å². The molecule has 0 aliphatic carbocycles. The zero-order chi connectivity index (χ0) is 13.2. The lowest BCUT2D eigenvalue weighted by Crippen LogP contribution is -2.28. The third-order valence-corrected chi connectivity index (χ3v) is 3.72. The summed E-state index contributed by atoms with van der Waals surface area (Å²) in [5.74, 6) is 0. The van der Waals surface area contributed by atoms with E-state index in [2.05, 4.69) is 15.0 Å². The molecule has 0 fully saturated rings. The molecule has 19 heavy (non-hydrogen) atoms. The van der Waals surface area contributed by atoms with Crippen LogP contribution in [0.2, 0.25) is 0 Å². The normalized spacial score (nSPS) is 11.9. The molecule has 3 heterocycles. The summed E-state index contributed by atoms with van der Waals surface area (Å²) in [5.41, 5.74) is 0.619. The van der Waals surface area contributed by atoms with E-state index < -0.39 is 0 Å². The third-order valence-electron chi connectivity index (χ3n) is 2.65. The van der Waals surface area contributed by atoms with Crippen LogP contribution in [0, 0.1) is 0 Å². The van der Waals surface area contributed by atoms with Crippen LogP contribution >= 0.6 is 11.3 Å². The second kappa shape index (κ2) is 4.74. The molecule has 0 radical (unpaired) electrons. The summed E-state index contributed by atoms with van der Waals surface area (Å²) in [4.78, 5) is 26.1. The van der Waals surface area contributed by atoms with Crippen molar-refractivity contribution < 1.29 is 0 Å². The van der Waals surface area contributed by atoms with E-state index in [9.17, 15) is 4.79 Å². The summed E-state index contributed by atoms with van der Waals surface area (Å²) < 4.78 is 1.53. The molecule has 3 aromatic heterocycles. The molecular formula is C13H10N4OS. The maximum absolute atomic E-state index is 12.2. The van der Waals surface area contributed by atoms with E-state index in [4.69, 9.17) is 0 Å². The maximum atomic E-state index is 12.2. The highest BCUT2D eigenvalue weighted by Gasteiger charge is 2.04. The van der Waals surface area contributed by atoms with Crippen molar-refractivity contribution in [3.8, 4) is 0 Å². The van der Waals surface area contributed by atoms with Crippen molar-refractivity contribution in [2.24, 2.45) is 12.0 Å². The Morgan fingerprint density at radius 1 is 1.26 bits per heavy atom. The molecular weight excluding hydrogens is 260 g/mol. The first-order valence-electron chi connectivity index (χ1n) is 5.65. The van der Waals surface area contributed by atoms with E-state index in [-0.39, 0.29) is 5.56 Å². The first-order valence-corrected chi connectivity index (χ1v) is 6.47. The molecule has 94 valence electrons. The fourth-order valence-electron chi connectivity index (χ4n) is 1.69. The summed E-state index contributed by atoms with van der Waals surface area (Å²) in [6.07, 6.45) is 5.01. The van der Waals surface area contributed by atoms with Crippen LogP contribution in [0.1, 0.15) is 0 Å². The van der Waals surface area contributed by atoms with Crippen molar-refractivity contribution in [1.82, 2.24) is 14.5 Å². The number of rotatable bonds is 1. The van der Waals surface area contributed by atoms with Gasteiger partial charge in [-0.2, -0.15) is 0 Å². The lowest BCUT2D eigenvalue weighted by Gasteiger charge is -2.01. The van der Waals surface area contributed by atoms with Gasteiger partial charge in [0.15, 0.2) is 4.80 Å². The molecule has 0 aromatic carbocycles. The standard InChI is InChI=1S/C13H10N4OS/c1-17-12(18)10-5-3-7-15-11(10)19-13(17)16-9-4-2-6-14-8-9/h2-8H,1H3/b16-13-. The lowest BCUT2D eigenvalue weighted by molar-refractivity contribution is 0.832. The van der Waals surface area contributed by atoms with Gasteiger partial charge in [0.25, 0.3) is 5.56 Å². The number of pyridine rings is 2. The van der Waals surface area contributed by atoms with Crippen LogP contribution in [0.25, 0.3) is 10.2 Å². The fourth-order valence-corrected chi connectivity index (χ4v) is 2.61. The molecule has 3 rings (SSSR count). The molecule has 0 atom stereocenters. The van der Waals surface area contributed by atoms with Crippen LogP contribution in [-0.4, -0.2) is 14.5 Å². The summed E-state index contributed by atoms with van der Waals surface area (Å²) in [5, 5.41) is 0.611. The Bertz CT molecular complexity index is 852. The van der Waals surface area contributed by atoms with Gasteiger partial charge >= 0.3 is 0 Å². The van der Waals surface area contributed by atoms with Crippen molar-refractivity contribution in [1.29, 1.82) is 0 Å². The molecule has 5 nitrogen and oxygen atoms in total. The predicted octanol–water partition coefficient (Wildman–Crippen LogP) is 1.62. The minimum absolute atomic E-state index is 0.0931. The van der Waals surface area contributed by atoms with Gasteiger partial charge in [0.1, 0.15) is 4.83 Å². The molecule has 3 aromatic rings. The zero-order valence-electron chi connectivity index (χ0n) is 10.1. The third kappa shape index (κ3) is 2.17. The van der Waals surface area contributed by atoms with Gasteiger partial charge in [-0.15, -0.1) is 0 Å². The highest BCUT2D eigenvalue weighted by Crippen LogP contribution is 2.10. The fraction of sp³-hybridized carbons (Fsp3) is 0.0769. The molecule has 0 spiro atoms. The van der Waals surface area contributed by atoms with E-state index in [1.807, 2.05) is 6.07 Å². The van der Waals surface area contributed by atoms with Crippen LogP contribution in [-0.2, 0) is 7.05 Å². The number of hydrogen-bond donors (Lipinski definition) is 0. The van der Waals surface area contributed by atoms with Crippen LogP contribution in [0.5, 0.6) is 0 Å². The largest absolute Gasteiger partial charge is 0.287 e. The number of fused-ring (bicyclic) bond motifs is 1. The average Bonchev–Trinajstić information content (AvgIpc) is 2.46. The second-order valence-electron chi connectivity index (χ2n) is 3.93. The zero-order valence-corrected chi connectivity index (χ0v) is 11.0. The molecule has 0 saturated heterocycles. The van der Waals surface area contributed by atoms with Crippen molar-refractivity contribution in [3.63, 3.8) is 0 Å². The van der Waals surface area contributed by atoms with Gasteiger partial charge in [0, 0.05) is 19.4 Å². The summed E-state index contributed by atoms with van der Waals surface area (Å²) in [6, 6.07) is 7.18. The summed E-state index contributed by atoms with van der Waals surface area (Å²) in [7, 11) is 1.71. The number of aromatic nitrogens is 3. The molecule has 0 unspecified atom stereocenters. The van der Waals surface area contributed by atoms with Crippen molar-refractivity contribution in [3.05, 3.63) is 58.0 Å². The van der Waals surface area contributed by atoms with Gasteiger partial charge in [-0.05, 0) is 24.3 Å². The smallest absolute Gasteiger partial charge is 0.262 e. The molecule has 0 bridgehead atoms. The van der Waals surface area contributed by atoms with Gasteiger partial charge in [0.05, 0.1) is 17.3 Å². The van der Waals surface area contributed by atoms with Crippen molar-refractivity contribution in [2.75, 3.05) is 0 Å². The van der Waals surface area contributed by atoms with Crippen LogP contribution in [0.15, 0.2) is 52.6 Å². The Morgan fingerprint density at radius 2 is 2.11 bits per heavy atom. The first-order chi connectivity index (χ1) is 9.25. The van der Waals surface area contributed by atoms with E-state index in [0.29, 0.717) is 20.7 Å². The maximum Gasteiger partial charge on any atom is 0.262 e. The highest BCUT2D eigenvalue weighted by atomic mass is 32.1. The highest BCUT2D eigenvalue weighted by molar-refractivity contribution is 7.15. The minimum atomic E-state index is -0.0931.